The number of aliphatic hydroxyl groups excluding tert-OH is 1. The zero-order valence-electron chi connectivity index (χ0n) is 25.0. The van der Waals surface area contributed by atoms with Crippen LogP contribution < -0.4 is 18.9 Å². The molecule has 242 valence electrons. The van der Waals surface area contributed by atoms with E-state index in [0.29, 0.717) is 27.9 Å². The van der Waals surface area contributed by atoms with Crippen molar-refractivity contribution in [2.24, 2.45) is 5.92 Å². The summed E-state index contributed by atoms with van der Waals surface area (Å²) >= 11 is -0.329. The quantitative estimate of drug-likeness (QED) is 0.149. The van der Waals surface area contributed by atoms with Crippen LogP contribution in [0.25, 0.3) is 9.65 Å². The molecule has 14 heteroatoms. The zero-order valence-corrected chi connectivity index (χ0v) is 26.7. The molecule has 0 bridgehead atoms. The van der Waals surface area contributed by atoms with E-state index in [9.17, 15) is 29.4 Å². The van der Waals surface area contributed by atoms with E-state index in [1.807, 2.05) is 0 Å². The van der Waals surface area contributed by atoms with Gasteiger partial charge in [0.05, 0.1) is 13.5 Å². The molecule has 1 unspecified atom stereocenters. The molecule has 1 aromatic heterocycles. The number of carboxylic acids is 2. The second-order valence-corrected chi connectivity index (χ2v) is 12.8. The second kappa shape index (κ2) is 14.8. The molecule has 0 fully saturated rings. The van der Waals surface area contributed by atoms with E-state index >= 15 is 4.39 Å². The van der Waals surface area contributed by atoms with Gasteiger partial charge in [0, 0.05) is 19.5 Å². The Morgan fingerprint density at radius 1 is 0.956 bits per heavy atom. The van der Waals surface area contributed by atoms with Gasteiger partial charge in [-0.3, -0.25) is 9.59 Å². The third-order valence-electron chi connectivity index (χ3n) is 7.42. The van der Waals surface area contributed by atoms with Gasteiger partial charge in [0.2, 0.25) is 5.91 Å². The molecule has 3 aromatic rings. The Hall–Kier alpha value is -4.13. The van der Waals surface area contributed by atoms with E-state index in [-0.39, 0.29) is 82.9 Å². The van der Waals surface area contributed by atoms with Gasteiger partial charge in [-0.25, -0.2) is 0 Å². The number of fused-ring (bicyclic) bond motifs is 2. The first-order chi connectivity index (χ1) is 21.4. The second-order valence-electron chi connectivity index (χ2n) is 10.5. The van der Waals surface area contributed by atoms with Crippen molar-refractivity contribution in [3.05, 3.63) is 45.6 Å². The molecule has 0 spiro atoms. The minimum atomic E-state index is -1.20. The van der Waals surface area contributed by atoms with Crippen molar-refractivity contribution in [1.82, 2.24) is 4.90 Å². The zero-order chi connectivity index (χ0) is 32.8. The number of Topliss-reactive ketones (excluding diaryl/α,β-unsaturated/α-hetero) is 1. The van der Waals surface area contributed by atoms with Crippen LogP contribution in [-0.2, 0) is 27.5 Å². The number of nitrogens with zero attached hydrogens (tertiary/aromatic N) is 1. The van der Waals surface area contributed by atoms with Crippen molar-refractivity contribution in [2.45, 2.75) is 51.8 Å². The van der Waals surface area contributed by atoms with Crippen LogP contribution in [0.5, 0.6) is 23.0 Å². The van der Waals surface area contributed by atoms with Gasteiger partial charge >= 0.3 is 200 Å². The summed E-state index contributed by atoms with van der Waals surface area (Å²) in [7, 11) is 2.79. The van der Waals surface area contributed by atoms with Gasteiger partial charge in [-0.15, -0.1) is 0 Å². The van der Waals surface area contributed by atoms with Crippen LogP contribution in [0.1, 0.15) is 53.0 Å². The molecule has 1 aliphatic rings. The number of hydrogen-bond acceptors (Lipinski definition) is 9. The van der Waals surface area contributed by atoms with Crippen LogP contribution in [0, 0.1) is 11.7 Å². The van der Waals surface area contributed by atoms with Gasteiger partial charge in [-0.05, 0) is 5.56 Å². The summed E-state index contributed by atoms with van der Waals surface area (Å²) in [4.78, 5) is 48.7. The average molecular weight is 695 g/mol. The van der Waals surface area contributed by atoms with Gasteiger partial charge in [-0.2, -0.15) is 0 Å². The number of amides is 1. The summed E-state index contributed by atoms with van der Waals surface area (Å²) < 4.78 is 39.1. The third kappa shape index (κ3) is 7.94. The third-order valence-corrected chi connectivity index (χ3v) is 9.81. The Balaban J connectivity index is 1.41. The van der Waals surface area contributed by atoms with Gasteiger partial charge in [0.15, 0.2) is 0 Å². The summed E-state index contributed by atoms with van der Waals surface area (Å²) in [5, 5.41) is 29.5. The molecule has 2 atom stereocenters. The number of halogens is 1. The number of carboxylic acid groups (broad SMARTS) is 2. The van der Waals surface area contributed by atoms with E-state index in [1.165, 1.54) is 19.1 Å². The summed E-state index contributed by atoms with van der Waals surface area (Å²) in [6, 6.07) is 6.71. The van der Waals surface area contributed by atoms with Crippen molar-refractivity contribution in [3.8, 4) is 23.0 Å². The fourth-order valence-electron chi connectivity index (χ4n) is 4.90. The molecular formula is C31H34FNO11Se. The maximum absolute atomic E-state index is 15.5. The van der Waals surface area contributed by atoms with Crippen molar-refractivity contribution in [3.63, 3.8) is 0 Å². The standard InChI is InChI=1S/C31H34FNO11Se/c1-4-16(31(39)40)7-21(35)26-10-17-8-23(22(41-2)11-25(17)45-26)43-14-19(34)15-44-30-24(42-3)9-18-12-33(13-20(18)29(30)32)27(36)5-6-28(37)38/h8-11,16,19,34H,4-7,12-15H2,1-3H3,(H,37,38)(H,39,40)/t16-,19?/m0/s1. The number of carbonyl (C=O) groups is 4. The Kier molecular flexibility index (Phi) is 11.1. The molecule has 2 aromatic carbocycles. The van der Waals surface area contributed by atoms with Crippen LogP contribution in [-0.4, -0.2) is 91.9 Å². The van der Waals surface area contributed by atoms with Crippen LogP contribution >= 0.6 is 0 Å². The van der Waals surface area contributed by atoms with E-state index < -0.39 is 35.7 Å². The Morgan fingerprint density at radius 3 is 2.31 bits per heavy atom. The number of carbonyl (C=O) groups excluding carboxylic acids is 2. The predicted octanol–water partition coefficient (Wildman–Crippen LogP) is 3.26. The van der Waals surface area contributed by atoms with Gasteiger partial charge in [-0.1, -0.05) is 0 Å². The number of aliphatic hydroxyl groups is 1. The molecule has 0 saturated heterocycles. The van der Waals surface area contributed by atoms with Crippen LogP contribution in [0.4, 0.5) is 4.39 Å². The number of aliphatic carboxylic acids is 2. The van der Waals surface area contributed by atoms with E-state index in [2.05, 4.69) is 0 Å². The molecule has 12 nitrogen and oxygen atoms in total. The van der Waals surface area contributed by atoms with Crippen molar-refractivity contribution >= 4 is 47.8 Å². The number of benzene rings is 2. The fraction of sp³-hybridized carbons (Fsp3) is 0.419. The number of ether oxygens (including phenoxy) is 4. The van der Waals surface area contributed by atoms with Gasteiger partial charge in [0.1, 0.15) is 0 Å². The number of methoxy groups -OCH3 is 2. The monoisotopic (exact) mass is 695 g/mol. The molecule has 1 amide bonds. The molecule has 45 heavy (non-hydrogen) atoms. The van der Waals surface area contributed by atoms with Crippen molar-refractivity contribution in [1.29, 1.82) is 0 Å². The predicted molar refractivity (Wildman–Crippen MR) is 159 cm³/mol. The van der Waals surface area contributed by atoms with E-state index in [4.69, 9.17) is 24.1 Å². The summed E-state index contributed by atoms with van der Waals surface area (Å²) in [5.74, 6) is -3.66. The molecule has 0 radical (unpaired) electrons. The number of ketones is 1. The van der Waals surface area contributed by atoms with E-state index in [0.717, 1.165) is 9.65 Å². The Labute approximate surface area is 264 Å². The molecule has 1 aliphatic heterocycles. The fourth-order valence-corrected chi connectivity index (χ4v) is 7.04. The number of rotatable bonds is 16. The maximum atomic E-state index is 15.5. The first kappa shape index (κ1) is 33.8. The van der Waals surface area contributed by atoms with Crippen LogP contribution in [0.15, 0.2) is 24.3 Å². The van der Waals surface area contributed by atoms with Gasteiger partial charge in [0.25, 0.3) is 0 Å². The summed E-state index contributed by atoms with van der Waals surface area (Å²) in [6.45, 7) is 1.18. The van der Waals surface area contributed by atoms with Crippen molar-refractivity contribution in [2.75, 3.05) is 27.4 Å². The average Bonchev–Trinajstić information content (AvgIpc) is 3.64. The number of hydrogen-bond donors (Lipinski definition) is 3. The molecule has 3 N–H and O–H groups in total. The van der Waals surface area contributed by atoms with Gasteiger partial charge < -0.3 is 10.0 Å². The Morgan fingerprint density at radius 2 is 1.67 bits per heavy atom. The SMILES string of the molecule is CC[C@@H](CC(=O)c1cc2cc(OCC(O)COc3c(OC)cc4c(c3F)CN(C(=O)CCC(=O)O)C4)c(OC)cc2[se]1)C(=O)O. The molecule has 0 aliphatic carbocycles. The molecule has 4 rings (SSSR count). The van der Waals surface area contributed by atoms with Crippen LogP contribution in [0.3, 0.4) is 0 Å². The first-order valence-corrected chi connectivity index (χ1v) is 15.9. The normalized spacial score (nSPS) is 13.7. The topological polar surface area (TPSA) is 169 Å². The first-order valence-electron chi connectivity index (χ1n) is 14.1. The molecule has 0 saturated carbocycles. The molecule has 2 heterocycles. The summed E-state index contributed by atoms with van der Waals surface area (Å²) in [6.07, 6.45) is -1.44. The summed E-state index contributed by atoms with van der Waals surface area (Å²) in [5.41, 5.74) is 0.740. The van der Waals surface area contributed by atoms with Crippen molar-refractivity contribution < 1.29 is 57.8 Å². The molecular weight excluding hydrogens is 660 g/mol. The minimum absolute atomic E-state index is 0.0501. The van der Waals surface area contributed by atoms with Crippen LogP contribution in [0.2, 0.25) is 0 Å². The van der Waals surface area contributed by atoms with E-state index in [1.54, 1.807) is 31.2 Å². The Bertz CT molecular complexity index is 1600.